The molecule has 0 aromatic heterocycles. The van der Waals surface area contributed by atoms with Crippen molar-refractivity contribution in [3.05, 3.63) is 0 Å². The number of carbonyl (C=O) groups is 1. The molecular weight excluding hydrogens is 238 g/mol. The van der Waals surface area contributed by atoms with Crippen LogP contribution in [0.1, 0.15) is 20.8 Å². The molecule has 0 saturated carbocycles. The third-order valence-corrected chi connectivity index (χ3v) is 1.88. The highest BCUT2D eigenvalue weighted by Gasteiger charge is 2.19. The van der Waals surface area contributed by atoms with Gasteiger partial charge in [-0.05, 0) is 20.8 Å². The van der Waals surface area contributed by atoms with Gasteiger partial charge in [0.15, 0.2) is 0 Å². The van der Waals surface area contributed by atoms with Crippen LogP contribution in [-0.4, -0.2) is 68.3 Å². The Morgan fingerprint density at radius 1 is 1.11 bits per heavy atom. The highest BCUT2D eigenvalue weighted by molar-refractivity contribution is 5.67. The number of aliphatic hydroxyl groups excluding tert-OH is 1. The van der Waals surface area contributed by atoms with Gasteiger partial charge in [0.1, 0.15) is 5.60 Å². The van der Waals surface area contributed by atoms with Gasteiger partial charge in [-0.2, -0.15) is 0 Å². The molecule has 0 aromatic carbocycles. The third kappa shape index (κ3) is 10.3. The van der Waals surface area contributed by atoms with Crippen molar-refractivity contribution in [3.63, 3.8) is 0 Å². The molecule has 0 aliphatic rings. The summed E-state index contributed by atoms with van der Waals surface area (Å²) in [6.07, 6.45) is -0.359. The molecule has 1 N–H and O–H groups in total. The second-order valence-electron chi connectivity index (χ2n) is 4.85. The van der Waals surface area contributed by atoms with Gasteiger partial charge in [0, 0.05) is 13.6 Å². The number of carbonyl (C=O) groups excluding carboxylic acids is 1. The number of hydrogen-bond donors (Lipinski definition) is 1. The van der Waals surface area contributed by atoms with Crippen LogP contribution >= 0.6 is 0 Å². The Morgan fingerprint density at radius 2 is 1.67 bits per heavy atom. The van der Waals surface area contributed by atoms with Gasteiger partial charge in [-0.15, -0.1) is 0 Å². The van der Waals surface area contributed by atoms with Gasteiger partial charge in [0.05, 0.1) is 33.0 Å². The molecule has 6 heteroatoms. The van der Waals surface area contributed by atoms with E-state index in [-0.39, 0.29) is 12.7 Å². The molecular formula is C12H25NO5. The molecule has 18 heavy (non-hydrogen) atoms. The van der Waals surface area contributed by atoms with Crippen LogP contribution < -0.4 is 0 Å². The first-order chi connectivity index (χ1) is 8.37. The Labute approximate surface area is 109 Å². The van der Waals surface area contributed by atoms with Crippen LogP contribution in [0.3, 0.4) is 0 Å². The van der Waals surface area contributed by atoms with Crippen molar-refractivity contribution in [3.8, 4) is 0 Å². The maximum absolute atomic E-state index is 11.6. The summed E-state index contributed by atoms with van der Waals surface area (Å²) in [4.78, 5) is 13.0. The molecule has 0 fully saturated rings. The molecule has 0 aliphatic heterocycles. The van der Waals surface area contributed by atoms with Crippen LogP contribution in [0.4, 0.5) is 4.79 Å². The topological polar surface area (TPSA) is 68.2 Å². The first-order valence-electron chi connectivity index (χ1n) is 6.07. The van der Waals surface area contributed by atoms with Crippen LogP contribution in [0.2, 0.25) is 0 Å². The Kier molecular flexibility index (Phi) is 8.70. The van der Waals surface area contributed by atoms with Crippen molar-refractivity contribution in [2.75, 3.05) is 46.6 Å². The maximum Gasteiger partial charge on any atom is 0.410 e. The van der Waals surface area contributed by atoms with Gasteiger partial charge in [-0.3, -0.25) is 0 Å². The average molecular weight is 263 g/mol. The van der Waals surface area contributed by atoms with Gasteiger partial charge in [0.25, 0.3) is 0 Å². The molecule has 0 aromatic rings. The van der Waals surface area contributed by atoms with E-state index in [1.54, 1.807) is 7.05 Å². The second kappa shape index (κ2) is 9.13. The molecule has 6 nitrogen and oxygen atoms in total. The van der Waals surface area contributed by atoms with Gasteiger partial charge >= 0.3 is 6.09 Å². The van der Waals surface area contributed by atoms with E-state index in [9.17, 15) is 4.79 Å². The number of hydrogen-bond acceptors (Lipinski definition) is 5. The van der Waals surface area contributed by atoms with Crippen LogP contribution in [-0.2, 0) is 14.2 Å². The number of amides is 1. The largest absolute Gasteiger partial charge is 0.444 e. The van der Waals surface area contributed by atoms with E-state index in [1.807, 2.05) is 20.8 Å². The molecule has 0 heterocycles. The molecule has 0 unspecified atom stereocenters. The van der Waals surface area contributed by atoms with Crippen molar-refractivity contribution in [1.29, 1.82) is 0 Å². The molecule has 1 amide bonds. The van der Waals surface area contributed by atoms with Crippen molar-refractivity contribution in [1.82, 2.24) is 4.90 Å². The molecule has 0 saturated heterocycles. The summed E-state index contributed by atoms with van der Waals surface area (Å²) in [5.74, 6) is 0. The lowest BCUT2D eigenvalue weighted by atomic mass is 10.2. The third-order valence-electron chi connectivity index (χ3n) is 1.88. The number of likely N-dealkylation sites (N-methyl/N-ethyl adjacent to an activating group) is 1. The molecule has 0 aliphatic carbocycles. The van der Waals surface area contributed by atoms with Gasteiger partial charge in [-0.25, -0.2) is 4.79 Å². The maximum atomic E-state index is 11.6. The highest BCUT2D eigenvalue weighted by Crippen LogP contribution is 2.08. The van der Waals surface area contributed by atoms with Gasteiger partial charge < -0.3 is 24.2 Å². The number of ether oxygens (including phenoxy) is 3. The summed E-state index contributed by atoms with van der Waals surface area (Å²) in [5, 5.41) is 8.47. The predicted octanol–water partition coefficient (Wildman–Crippen LogP) is 0.879. The van der Waals surface area contributed by atoms with E-state index >= 15 is 0 Å². The Balaban J connectivity index is 3.52. The van der Waals surface area contributed by atoms with E-state index < -0.39 is 5.60 Å². The minimum atomic E-state index is -0.482. The first-order valence-corrected chi connectivity index (χ1v) is 6.07. The molecule has 108 valence electrons. The highest BCUT2D eigenvalue weighted by atomic mass is 16.6. The summed E-state index contributed by atoms with van der Waals surface area (Å²) in [6.45, 7) is 7.60. The molecule has 0 radical (unpaired) electrons. The van der Waals surface area contributed by atoms with Crippen LogP contribution in [0.15, 0.2) is 0 Å². The number of nitrogens with zero attached hydrogens (tertiary/aromatic N) is 1. The van der Waals surface area contributed by atoms with E-state index in [1.165, 1.54) is 4.90 Å². The fraction of sp³-hybridized carbons (Fsp3) is 0.917. The minimum Gasteiger partial charge on any atom is -0.444 e. The summed E-state index contributed by atoms with van der Waals surface area (Å²) >= 11 is 0. The zero-order valence-electron chi connectivity index (χ0n) is 11.8. The quantitative estimate of drug-likeness (QED) is 0.658. The smallest absolute Gasteiger partial charge is 0.410 e. The van der Waals surface area contributed by atoms with Crippen LogP contribution in [0.5, 0.6) is 0 Å². The van der Waals surface area contributed by atoms with E-state index in [0.717, 1.165) is 0 Å². The predicted molar refractivity (Wildman–Crippen MR) is 67.6 cm³/mol. The molecule has 0 spiro atoms. The molecule has 0 atom stereocenters. The Bertz CT molecular complexity index is 227. The second-order valence-corrected chi connectivity index (χ2v) is 4.85. The zero-order chi connectivity index (χ0) is 14.0. The van der Waals surface area contributed by atoms with Crippen molar-refractivity contribution >= 4 is 6.09 Å². The lowest BCUT2D eigenvalue weighted by Gasteiger charge is -2.24. The fourth-order valence-corrected chi connectivity index (χ4v) is 1.02. The van der Waals surface area contributed by atoms with Gasteiger partial charge in [-0.1, -0.05) is 0 Å². The van der Waals surface area contributed by atoms with E-state index in [0.29, 0.717) is 33.0 Å². The lowest BCUT2D eigenvalue weighted by molar-refractivity contribution is 0.0124. The Morgan fingerprint density at radius 3 is 2.17 bits per heavy atom. The van der Waals surface area contributed by atoms with E-state index in [4.69, 9.17) is 19.3 Å². The average Bonchev–Trinajstić information content (AvgIpc) is 2.25. The standard InChI is InChI=1S/C12H25NO5/c1-12(2,3)18-11(15)13(4)5-7-16-9-10-17-8-6-14/h14H,5-10H2,1-4H3. The molecule has 0 rings (SSSR count). The zero-order valence-corrected chi connectivity index (χ0v) is 11.8. The summed E-state index contributed by atoms with van der Waals surface area (Å²) < 4.78 is 15.5. The SMILES string of the molecule is CN(CCOCCOCCO)C(=O)OC(C)(C)C. The van der Waals surface area contributed by atoms with Crippen molar-refractivity contribution < 1.29 is 24.1 Å². The number of aliphatic hydroxyl groups is 1. The molecule has 0 bridgehead atoms. The Hall–Kier alpha value is -0.850. The van der Waals surface area contributed by atoms with E-state index in [2.05, 4.69) is 0 Å². The van der Waals surface area contributed by atoms with Crippen molar-refractivity contribution in [2.45, 2.75) is 26.4 Å². The summed E-state index contributed by atoms with van der Waals surface area (Å²) in [7, 11) is 1.67. The fourth-order valence-electron chi connectivity index (χ4n) is 1.02. The van der Waals surface area contributed by atoms with Crippen molar-refractivity contribution in [2.24, 2.45) is 0 Å². The lowest BCUT2D eigenvalue weighted by Crippen LogP contribution is -2.36. The van der Waals surface area contributed by atoms with Crippen LogP contribution in [0.25, 0.3) is 0 Å². The first kappa shape index (κ1) is 17.2. The summed E-state index contributed by atoms with van der Waals surface area (Å²) in [5.41, 5.74) is -0.482. The monoisotopic (exact) mass is 263 g/mol. The van der Waals surface area contributed by atoms with Crippen LogP contribution in [0, 0.1) is 0 Å². The normalized spacial score (nSPS) is 11.4. The minimum absolute atomic E-state index is 0.0153. The summed E-state index contributed by atoms with van der Waals surface area (Å²) in [6, 6.07) is 0. The van der Waals surface area contributed by atoms with Gasteiger partial charge in [0.2, 0.25) is 0 Å². The number of rotatable bonds is 8.